The molecule has 2 aliphatic rings. The lowest BCUT2D eigenvalue weighted by atomic mass is 9.79. The van der Waals surface area contributed by atoms with Crippen LogP contribution in [0.3, 0.4) is 0 Å². The minimum absolute atomic E-state index is 0.135. The summed E-state index contributed by atoms with van der Waals surface area (Å²) in [6, 6.07) is 0. The number of likely N-dealkylation sites (tertiary alicyclic amines) is 1. The molecule has 2 fully saturated rings. The molecule has 2 rings (SSSR count). The molecule has 0 aromatic rings. The van der Waals surface area contributed by atoms with Gasteiger partial charge in [0.05, 0.1) is 5.37 Å². The first-order valence-electron chi connectivity index (χ1n) is 7.10. The van der Waals surface area contributed by atoms with Crippen LogP contribution in [0.25, 0.3) is 0 Å². The van der Waals surface area contributed by atoms with E-state index >= 15 is 0 Å². The minimum atomic E-state index is -0.135. The molecule has 1 saturated heterocycles. The first-order chi connectivity index (χ1) is 8.55. The first-order valence-corrected chi connectivity index (χ1v) is 8.39. The van der Waals surface area contributed by atoms with Crippen LogP contribution in [0.1, 0.15) is 39.5 Å². The number of hydrogen-bond acceptors (Lipinski definition) is 3. The molecule has 1 unspecified atom stereocenters. The smallest absolute Gasteiger partial charge is 0.226 e. The molecule has 18 heavy (non-hydrogen) atoms. The highest BCUT2D eigenvalue weighted by atomic mass is 32.2. The molecular weight excluding hydrogens is 244 g/mol. The van der Waals surface area contributed by atoms with Crippen LogP contribution in [0.5, 0.6) is 0 Å². The number of rotatable bonds is 5. The number of hydrogen-bond donors (Lipinski definition) is 1. The van der Waals surface area contributed by atoms with E-state index in [4.69, 9.17) is 0 Å². The zero-order valence-corrected chi connectivity index (χ0v) is 12.7. The molecule has 1 aliphatic carbocycles. The second kappa shape index (κ2) is 5.83. The number of carbonyl (C=O) groups is 1. The largest absolute Gasteiger partial charge is 0.355 e. The molecule has 4 heteroatoms. The van der Waals surface area contributed by atoms with Gasteiger partial charge in [0.1, 0.15) is 0 Å². The standard InChI is InChI=1S/C14H26N2OS/c1-11(18-3)16-8-6-14(2,7-9-16)13(17)15-10-12-4-5-12/h11-12H,4-10H2,1-3H3,(H,15,17). The van der Waals surface area contributed by atoms with E-state index in [9.17, 15) is 4.79 Å². The second-order valence-corrected chi connectivity index (χ2v) is 7.24. The van der Waals surface area contributed by atoms with Crippen molar-refractivity contribution in [2.45, 2.75) is 44.9 Å². The highest BCUT2D eigenvalue weighted by Crippen LogP contribution is 2.34. The molecule has 1 aliphatic heterocycles. The highest BCUT2D eigenvalue weighted by molar-refractivity contribution is 7.99. The summed E-state index contributed by atoms with van der Waals surface area (Å²) in [7, 11) is 0. The lowest BCUT2D eigenvalue weighted by Crippen LogP contribution is -2.49. The van der Waals surface area contributed by atoms with Crippen LogP contribution in [0.15, 0.2) is 0 Å². The average molecular weight is 270 g/mol. The maximum absolute atomic E-state index is 12.3. The van der Waals surface area contributed by atoms with Crippen molar-refractivity contribution in [1.29, 1.82) is 0 Å². The first kappa shape index (κ1) is 14.2. The van der Waals surface area contributed by atoms with Crippen LogP contribution in [0, 0.1) is 11.3 Å². The number of nitrogens with one attached hydrogen (secondary N) is 1. The summed E-state index contributed by atoms with van der Waals surface area (Å²) in [5.41, 5.74) is -0.135. The molecular formula is C14H26N2OS. The second-order valence-electron chi connectivity index (χ2n) is 6.09. The van der Waals surface area contributed by atoms with Gasteiger partial charge in [-0.1, -0.05) is 6.92 Å². The van der Waals surface area contributed by atoms with Crippen molar-refractivity contribution in [3.63, 3.8) is 0 Å². The number of piperidine rings is 1. The van der Waals surface area contributed by atoms with Crippen molar-refractivity contribution in [1.82, 2.24) is 10.2 Å². The van der Waals surface area contributed by atoms with Crippen molar-refractivity contribution in [2.24, 2.45) is 11.3 Å². The van der Waals surface area contributed by atoms with E-state index in [1.54, 1.807) is 0 Å². The Morgan fingerprint density at radius 3 is 2.56 bits per heavy atom. The molecule has 3 nitrogen and oxygen atoms in total. The maximum Gasteiger partial charge on any atom is 0.226 e. The molecule has 0 aromatic heterocycles. The van der Waals surface area contributed by atoms with Gasteiger partial charge in [0.15, 0.2) is 0 Å². The van der Waals surface area contributed by atoms with Crippen LogP contribution in [-0.4, -0.2) is 42.1 Å². The van der Waals surface area contributed by atoms with Gasteiger partial charge in [0, 0.05) is 25.0 Å². The summed E-state index contributed by atoms with van der Waals surface area (Å²) < 4.78 is 0. The molecule has 0 aromatic carbocycles. The maximum atomic E-state index is 12.3. The van der Waals surface area contributed by atoms with Gasteiger partial charge in [-0.2, -0.15) is 0 Å². The molecule has 0 bridgehead atoms. The van der Waals surface area contributed by atoms with E-state index in [1.165, 1.54) is 12.8 Å². The van der Waals surface area contributed by atoms with E-state index in [0.29, 0.717) is 5.37 Å². The van der Waals surface area contributed by atoms with E-state index in [2.05, 4.69) is 30.3 Å². The van der Waals surface area contributed by atoms with Crippen molar-refractivity contribution in [3.8, 4) is 0 Å². The van der Waals surface area contributed by atoms with Crippen molar-refractivity contribution in [3.05, 3.63) is 0 Å². The Morgan fingerprint density at radius 1 is 1.44 bits per heavy atom. The Hall–Kier alpha value is -0.220. The third-order valence-corrected chi connectivity index (χ3v) is 5.53. The molecule has 0 spiro atoms. The molecule has 1 atom stereocenters. The van der Waals surface area contributed by atoms with E-state index in [0.717, 1.165) is 38.4 Å². The van der Waals surface area contributed by atoms with Crippen LogP contribution < -0.4 is 5.32 Å². The van der Waals surface area contributed by atoms with Gasteiger partial charge in [-0.15, -0.1) is 11.8 Å². The number of carbonyl (C=O) groups excluding carboxylic acids is 1. The lowest BCUT2D eigenvalue weighted by Gasteiger charge is -2.40. The van der Waals surface area contributed by atoms with Gasteiger partial charge in [0.2, 0.25) is 5.91 Å². The summed E-state index contributed by atoms with van der Waals surface area (Å²) >= 11 is 1.89. The van der Waals surface area contributed by atoms with Crippen molar-refractivity contribution < 1.29 is 4.79 Å². The van der Waals surface area contributed by atoms with Gasteiger partial charge < -0.3 is 5.32 Å². The third kappa shape index (κ3) is 3.41. The Kier molecular flexibility index (Phi) is 4.59. The third-order valence-electron chi connectivity index (χ3n) is 4.55. The lowest BCUT2D eigenvalue weighted by molar-refractivity contribution is -0.132. The molecule has 104 valence electrons. The van der Waals surface area contributed by atoms with Crippen LogP contribution in [-0.2, 0) is 4.79 Å². The van der Waals surface area contributed by atoms with Crippen molar-refractivity contribution >= 4 is 17.7 Å². The Morgan fingerprint density at radius 2 is 2.06 bits per heavy atom. The van der Waals surface area contributed by atoms with Gasteiger partial charge in [-0.25, -0.2) is 0 Å². The van der Waals surface area contributed by atoms with Gasteiger partial charge >= 0.3 is 0 Å². The minimum Gasteiger partial charge on any atom is -0.355 e. The molecule has 1 heterocycles. The predicted octanol–water partition coefficient (Wildman–Crippen LogP) is 2.32. The highest BCUT2D eigenvalue weighted by Gasteiger charge is 2.38. The Labute approximate surface area is 115 Å². The summed E-state index contributed by atoms with van der Waals surface area (Å²) in [5, 5.41) is 3.72. The monoisotopic (exact) mass is 270 g/mol. The van der Waals surface area contributed by atoms with Gasteiger partial charge in [0.25, 0.3) is 0 Å². The van der Waals surface area contributed by atoms with E-state index in [-0.39, 0.29) is 11.3 Å². The fourth-order valence-corrected chi connectivity index (χ4v) is 3.04. The molecule has 1 saturated carbocycles. The summed E-state index contributed by atoms with van der Waals surface area (Å²) in [5.74, 6) is 1.06. The van der Waals surface area contributed by atoms with Gasteiger partial charge in [-0.05, 0) is 44.8 Å². The van der Waals surface area contributed by atoms with Crippen LogP contribution in [0.2, 0.25) is 0 Å². The normalized spacial score (nSPS) is 25.7. The molecule has 1 amide bonds. The summed E-state index contributed by atoms with van der Waals surface area (Å²) in [4.78, 5) is 14.8. The number of amides is 1. The van der Waals surface area contributed by atoms with Crippen molar-refractivity contribution in [2.75, 3.05) is 25.9 Å². The fraction of sp³-hybridized carbons (Fsp3) is 0.929. The van der Waals surface area contributed by atoms with Crippen LogP contribution in [0.4, 0.5) is 0 Å². The number of nitrogens with zero attached hydrogens (tertiary/aromatic N) is 1. The molecule has 0 radical (unpaired) electrons. The molecule has 1 N–H and O–H groups in total. The Bertz CT molecular complexity index is 296. The average Bonchev–Trinajstić information content (AvgIpc) is 3.20. The zero-order valence-electron chi connectivity index (χ0n) is 11.9. The topological polar surface area (TPSA) is 32.3 Å². The van der Waals surface area contributed by atoms with Gasteiger partial charge in [-0.3, -0.25) is 9.69 Å². The Balaban J connectivity index is 1.79. The zero-order chi connectivity index (χ0) is 13.2. The number of thioether (sulfide) groups is 1. The fourth-order valence-electron chi connectivity index (χ4n) is 2.53. The quantitative estimate of drug-likeness (QED) is 0.832. The van der Waals surface area contributed by atoms with E-state index < -0.39 is 0 Å². The predicted molar refractivity (Wildman–Crippen MR) is 77.6 cm³/mol. The summed E-state index contributed by atoms with van der Waals surface area (Å²) in [6.07, 6.45) is 6.75. The van der Waals surface area contributed by atoms with Crippen LogP contribution >= 0.6 is 11.8 Å². The SMILES string of the molecule is CSC(C)N1CCC(C)(C(=O)NCC2CC2)CC1. The summed E-state index contributed by atoms with van der Waals surface area (Å²) in [6.45, 7) is 7.39. The van der Waals surface area contributed by atoms with E-state index in [1.807, 2.05) is 11.8 Å².